The highest BCUT2D eigenvalue weighted by Gasteiger charge is 2.58. The minimum Gasteiger partial charge on any atom is -0.365 e. The van der Waals surface area contributed by atoms with Crippen LogP contribution in [0.2, 0.25) is 0 Å². The van der Waals surface area contributed by atoms with Gasteiger partial charge in [0.05, 0.1) is 15.7 Å². The number of rotatable bonds is 2. The van der Waals surface area contributed by atoms with Crippen LogP contribution in [0.5, 0.6) is 0 Å². The number of nitrogens with two attached hydrogens (primary N) is 1. The largest absolute Gasteiger partial charge is 0.392 e. The number of nitrogens with zero attached hydrogens (tertiary/aromatic N) is 1. The van der Waals surface area contributed by atoms with E-state index in [0.29, 0.717) is 17.7 Å². The van der Waals surface area contributed by atoms with Gasteiger partial charge >= 0.3 is 6.18 Å². The third kappa shape index (κ3) is 2.84. The van der Waals surface area contributed by atoms with Crippen molar-refractivity contribution in [2.75, 3.05) is 13.1 Å². The first-order valence-electron chi connectivity index (χ1n) is 7.49. The number of piperidine rings is 1. The summed E-state index contributed by atoms with van der Waals surface area (Å²) < 4.78 is 39.7. The number of thiophene rings is 1. The number of carbonyl (C=O) groups excluding carboxylic acids is 2. The Morgan fingerprint density at radius 3 is 2.39 bits per heavy atom. The summed E-state index contributed by atoms with van der Waals surface area (Å²) >= 11 is 0.987. The van der Waals surface area contributed by atoms with Crippen molar-refractivity contribution in [2.24, 2.45) is 17.1 Å². The summed E-state index contributed by atoms with van der Waals surface area (Å²) in [5.41, 5.74) is 4.34. The number of alkyl halides is 3. The highest BCUT2D eigenvalue weighted by Crippen LogP contribution is 2.56. The lowest BCUT2D eigenvalue weighted by Crippen LogP contribution is -2.57. The van der Waals surface area contributed by atoms with Gasteiger partial charge in [-0.05, 0) is 36.8 Å². The molecule has 1 aliphatic carbocycles. The van der Waals surface area contributed by atoms with E-state index in [2.05, 4.69) is 0 Å². The second-order valence-corrected chi connectivity index (χ2v) is 7.44. The Kier molecular flexibility index (Phi) is 3.90. The van der Waals surface area contributed by atoms with Crippen molar-refractivity contribution in [1.29, 1.82) is 0 Å². The molecule has 1 atom stereocenters. The molecule has 1 saturated heterocycles. The van der Waals surface area contributed by atoms with E-state index in [1.165, 1.54) is 17.0 Å². The molecule has 2 amide bonds. The summed E-state index contributed by atoms with van der Waals surface area (Å²) in [5, 5.41) is 0. The second-order valence-electron chi connectivity index (χ2n) is 6.35. The van der Waals surface area contributed by atoms with E-state index in [1.54, 1.807) is 0 Å². The molecule has 0 radical (unpaired) electrons. The molecule has 2 aliphatic rings. The summed E-state index contributed by atoms with van der Waals surface area (Å²) in [7, 11) is 0. The van der Waals surface area contributed by atoms with Crippen LogP contribution in [-0.2, 0) is 0 Å². The molecule has 1 unspecified atom stereocenters. The van der Waals surface area contributed by atoms with E-state index in [1.807, 2.05) is 0 Å². The molecule has 1 aliphatic heterocycles. The number of halogens is 3. The van der Waals surface area contributed by atoms with Crippen LogP contribution in [-0.4, -0.2) is 36.0 Å². The lowest BCUT2D eigenvalue weighted by molar-refractivity contribution is -0.235. The maximum Gasteiger partial charge on any atom is 0.392 e. The molecule has 2 fully saturated rings. The third-order valence-corrected chi connectivity index (χ3v) is 6.11. The van der Waals surface area contributed by atoms with Crippen LogP contribution in [0.1, 0.15) is 45.0 Å². The van der Waals surface area contributed by atoms with Crippen molar-refractivity contribution in [3.05, 3.63) is 21.9 Å². The fourth-order valence-electron chi connectivity index (χ4n) is 3.72. The summed E-state index contributed by atoms with van der Waals surface area (Å²) in [4.78, 5) is 25.7. The van der Waals surface area contributed by atoms with Crippen LogP contribution in [0, 0.1) is 11.3 Å². The first kappa shape index (κ1) is 16.3. The second kappa shape index (κ2) is 5.51. The molecule has 0 bridgehead atoms. The van der Waals surface area contributed by atoms with Crippen LogP contribution >= 0.6 is 11.3 Å². The molecule has 2 N–H and O–H groups in total. The Morgan fingerprint density at radius 2 is 1.91 bits per heavy atom. The molecule has 1 aromatic rings. The molecule has 4 nitrogen and oxygen atoms in total. The SMILES string of the molecule is NC(=O)c1ccc(C(=O)N2CCC(C(F)(F)F)C3(CCC3)C2)s1. The fourth-order valence-corrected chi connectivity index (χ4v) is 4.55. The molecule has 23 heavy (non-hydrogen) atoms. The molecule has 1 saturated carbocycles. The van der Waals surface area contributed by atoms with Crippen molar-refractivity contribution in [3.63, 3.8) is 0 Å². The van der Waals surface area contributed by atoms with Gasteiger partial charge in [-0.3, -0.25) is 9.59 Å². The lowest BCUT2D eigenvalue weighted by Gasteiger charge is -2.54. The molecule has 1 spiro atoms. The van der Waals surface area contributed by atoms with Gasteiger partial charge in [0.1, 0.15) is 0 Å². The van der Waals surface area contributed by atoms with Gasteiger partial charge in [0.15, 0.2) is 0 Å². The zero-order chi connectivity index (χ0) is 16.8. The van der Waals surface area contributed by atoms with Gasteiger partial charge in [-0.25, -0.2) is 0 Å². The Hall–Kier alpha value is -1.57. The van der Waals surface area contributed by atoms with E-state index >= 15 is 0 Å². The molecule has 3 rings (SSSR count). The number of hydrogen-bond donors (Lipinski definition) is 1. The van der Waals surface area contributed by atoms with E-state index in [4.69, 9.17) is 5.73 Å². The summed E-state index contributed by atoms with van der Waals surface area (Å²) in [6.07, 6.45) is -2.46. The van der Waals surface area contributed by atoms with Crippen molar-refractivity contribution < 1.29 is 22.8 Å². The quantitative estimate of drug-likeness (QED) is 0.895. The van der Waals surface area contributed by atoms with Crippen molar-refractivity contribution in [3.8, 4) is 0 Å². The zero-order valence-corrected chi connectivity index (χ0v) is 13.2. The number of hydrogen-bond acceptors (Lipinski definition) is 3. The summed E-state index contributed by atoms with van der Waals surface area (Å²) in [6, 6.07) is 2.98. The predicted octanol–water partition coefficient (Wildman–Crippen LogP) is 3.04. The van der Waals surface area contributed by atoms with Gasteiger partial charge in [-0.2, -0.15) is 13.2 Å². The van der Waals surface area contributed by atoms with Gasteiger partial charge < -0.3 is 10.6 Å². The van der Waals surface area contributed by atoms with E-state index in [0.717, 1.165) is 17.8 Å². The highest BCUT2D eigenvalue weighted by atomic mass is 32.1. The van der Waals surface area contributed by atoms with Crippen LogP contribution < -0.4 is 5.73 Å². The summed E-state index contributed by atoms with van der Waals surface area (Å²) in [6.45, 7) is 0.231. The lowest BCUT2D eigenvalue weighted by atomic mass is 9.58. The Bertz CT molecular complexity index is 637. The van der Waals surface area contributed by atoms with E-state index < -0.39 is 23.4 Å². The van der Waals surface area contributed by atoms with Crippen molar-refractivity contribution >= 4 is 23.2 Å². The molecule has 126 valence electrons. The molecule has 1 aromatic heterocycles. The average molecular weight is 346 g/mol. The Labute approximate surface area is 135 Å². The van der Waals surface area contributed by atoms with Crippen molar-refractivity contribution in [2.45, 2.75) is 31.9 Å². The normalized spacial score (nSPS) is 23.6. The third-order valence-electron chi connectivity index (χ3n) is 5.02. The smallest absolute Gasteiger partial charge is 0.365 e. The van der Waals surface area contributed by atoms with Gasteiger partial charge in [-0.15, -0.1) is 11.3 Å². The maximum atomic E-state index is 13.2. The number of amides is 2. The topological polar surface area (TPSA) is 63.4 Å². The standard InChI is InChI=1S/C15H17F3N2O2S/c16-15(17,18)11-4-7-20(8-14(11)5-1-6-14)13(22)10-3-2-9(23-10)12(19)21/h2-3,11H,1,4-8H2,(H2,19,21). The van der Waals surface area contributed by atoms with Gasteiger partial charge in [0, 0.05) is 13.1 Å². The Balaban J connectivity index is 1.77. The van der Waals surface area contributed by atoms with Crippen LogP contribution in [0.15, 0.2) is 12.1 Å². The van der Waals surface area contributed by atoms with Crippen LogP contribution in [0.3, 0.4) is 0 Å². The minimum atomic E-state index is -4.21. The maximum absolute atomic E-state index is 13.2. The highest BCUT2D eigenvalue weighted by molar-refractivity contribution is 7.15. The average Bonchev–Trinajstić information content (AvgIpc) is 2.93. The molecule has 8 heteroatoms. The Morgan fingerprint density at radius 1 is 1.26 bits per heavy atom. The first-order valence-corrected chi connectivity index (χ1v) is 8.30. The minimum absolute atomic E-state index is 0.0523. The number of likely N-dealkylation sites (tertiary alicyclic amines) is 1. The molecular formula is C15H17F3N2O2S. The van der Waals surface area contributed by atoms with Gasteiger partial charge in [0.2, 0.25) is 0 Å². The molecular weight excluding hydrogens is 329 g/mol. The monoisotopic (exact) mass is 346 g/mol. The van der Waals surface area contributed by atoms with Gasteiger partial charge in [0.25, 0.3) is 11.8 Å². The zero-order valence-electron chi connectivity index (χ0n) is 12.4. The number of carbonyl (C=O) groups is 2. The fraction of sp³-hybridized carbons (Fsp3) is 0.600. The van der Waals surface area contributed by atoms with E-state index in [9.17, 15) is 22.8 Å². The van der Waals surface area contributed by atoms with Crippen molar-refractivity contribution in [1.82, 2.24) is 4.90 Å². The first-order chi connectivity index (χ1) is 10.7. The van der Waals surface area contributed by atoms with E-state index in [-0.39, 0.29) is 30.3 Å². The molecule has 0 aromatic carbocycles. The number of primary amides is 1. The van der Waals surface area contributed by atoms with Gasteiger partial charge in [-0.1, -0.05) is 6.42 Å². The molecule has 2 heterocycles. The van der Waals surface area contributed by atoms with Crippen LogP contribution in [0.25, 0.3) is 0 Å². The predicted molar refractivity (Wildman–Crippen MR) is 79.2 cm³/mol. The van der Waals surface area contributed by atoms with Crippen LogP contribution in [0.4, 0.5) is 13.2 Å². The summed E-state index contributed by atoms with van der Waals surface area (Å²) in [5.74, 6) is -2.24.